The van der Waals surface area contributed by atoms with Gasteiger partial charge >= 0.3 is 0 Å². The lowest BCUT2D eigenvalue weighted by molar-refractivity contribution is 0.627. The molecule has 1 heteroatoms. The zero-order chi connectivity index (χ0) is 10.1. The van der Waals surface area contributed by atoms with Crippen LogP contribution in [0.4, 0.5) is 4.39 Å². The van der Waals surface area contributed by atoms with E-state index in [0.717, 1.165) is 12.8 Å². The van der Waals surface area contributed by atoms with Gasteiger partial charge in [0.15, 0.2) is 0 Å². The molecule has 0 fully saturated rings. The predicted molar refractivity (Wildman–Crippen MR) is 56.4 cm³/mol. The summed E-state index contributed by atoms with van der Waals surface area (Å²) in [6, 6.07) is 6.67. The summed E-state index contributed by atoms with van der Waals surface area (Å²) in [4.78, 5) is 0. The van der Waals surface area contributed by atoms with Gasteiger partial charge in [-0.25, -0.2) is 4.39 Å². The molecule has 0 aliphatic heterocycles. The largest absolute Gasteiger partial charge is 0.207 e. The van der Waals surface area contributed by atoms with Gasteiger partial charge in [-0.2, -0.15) is 0 Å². The van der Waals surface area contributed by atoms with Crippen molar-refractivity contribution in [1.82, 2.24) is 0 Å². The lowest BCUT2D eigenvalue weighted by atomic mass is 10.1. The van der Waals surface area contributed by atoms with E-state index in [1.807, 2.05) is 12.1 Å². The van der Waals surface area contributed by atoms with Crippen molar-refractivity contribution >= 4 is 0 Å². The first kappa shape index (κ1) is 12.2. The van der Waals surface area contributed by atoms with Crippen LogP contribution in [0.25, 0.3) is 0 Å². The monoisotopic (exact) mass is 182 g/mol. The highest BCUT2D eigenvalue weighted by Crippen LogP contribution is 2.04. The second-order valence-corrected chi connectivity index (χ2v) is 3.08. The molecule has 0 saturated carbocycles. The van der Waals surface area contributed by atoms with Crippen molar-refractivity contribution in [3.8, 4) is 0 Å². The molecule has 13 heavy (non-hydrogen) atoms. The minimum atomic E-state index is -0.153. The summed E-state index contributed by atoms with van der Waals surface area (Å²) < 4.78 is 12.3. The first-order valence-corrected chi connectivity index (χ1v) is 4.99. The van der Waals surface area contributed by atoms with Crippen molar-refractivity contribution in [2.24, 2.45) is 0 Å². The molecule has 0 aliphatic rings. The van der Waals surface area contributed by atoms with E-state index in [1.165, 1.54) is 24.1 Å². The van der Waals surface area contributed by atoms with E-state index in [9.17, 15) is 4.39 Å². The van der Waals surface area contributed by atoms with Gasteiger partial charge in [0.05, 0.1) is 0 Å². The van der Waals surface area contributed by atoms with E-state index >= 15 is 0 Å². The number of halogens is 1. The van der Waals surface area contributed by atoms with Crippen molar-refractivity contribution in [2.75, 3.05) is 0 Å². The van der Waals surface area contributed by atoms with E-state index in [2.05, 4.69) is 20.8 Å². The topological polar surface area (TPSA) is 0 Å². The molecule has 1 aromatic rings. The Bertz CT molecular complexity index is 201. The average molecular weight is 182 g/mol. The first-order valence-electron chi connectivity index (χ1n) is 4.99. The Labute approximate surface area is 80.8 Å². The standard InChI is InChI=1S/C9H11F.C3H8/c1-2-3-8-4-6-9(10)7-5-8;1-3-2/h4-7H,2-3H2,1H3;3H2,1-2H3. The van der Waals surface area contributed by atoms with Gasteiger partial charge in [0, 0.05) is 0 Å². The van der Waals surface area contributed by atoms with Crippen LogP contribution in [0.1, 0.15) is 39.2 Å². The lowest BCUT2D eigenvalue weighted by Crippen LogP contribution is -1.81. The maximum absolute atomic E-state index is 12.3. The first-order chi connectivity index (χ1) is 6.24. The molecule has 0 bridgehead atoms. The maximum Gasteiger partial charge on any atom is 0.123 e. The fraction of sp³-hybridized carbons (Fsp3) is 0.500. The summed E-state index contributed by atoms with van der Waals surface area (Å²) in [6.07, 6.45) is 3.41. The third kappa shape index (κ3) is 6.32. The van der Waals surface area contributed by atoms with Crippen molar-refractivity contribution in [3.63, 3.8) is 0 Å². The van der Waals surface area contributed by atoms with Gasteiger partial charge in [-0.1, -0.05) is 45.7 Å². The Morgan fingerprint density at radius 1 is 1.00 bits per heavy atom. The predicted octanol–water partition coefficient (Wildman–Crippen LogP) is 4.19. The quantitative estimate of drug-likeness (QED) is 0.643. The van der Waals surface area contributed by atoms with Crippen LogP contribution < -0.4 is 0 Å². The van der Waals surface area contributed by atoms with E-state index in [4.69, 9.17) is 0 Å². The fourth-order valence-electron chi connectivity index (χ4n) is 0.940. The van der Waals surface area contributed by atoms with E-state index < -0.39 is 0 Å². The van der Waals surface area contributed by atoms with Crippen LogP contribution >= 0.6 is 0 Å². The van der Waals surface area contributed by atoms with Crippen LogP contribution in [0.5, 0.6) is 0 Å². The smallest absolute Gasteiger partial charge is 0.123 e. The van der Waals surface area contributed by atoms with Crippen LogP contribution in [-0.4, -0.2) is 0 Å². The molecule has 0 aromatic heterocycles. The zero-order valence-electron chi connectivity index (χ0n) is 8.81. The Balaban J connectivity index is 0.000000424. The SMILES string of the molecule is CCC.CCCc1ccc(F)cc1. The highest BCUT2D eigenvalue weighted by Gasteiger charge is 1.90. The van der Waals surface area contributed by atoms with Gasteiger partial charge < -0.3 is 0 Å². The molecular weight excluding hydrogens is 163 g/mol. The zero-order valence-corrected chi connectivity index (χ0v) is 8.81. The molecule has 0 aliphatic carbocycles. The van der Waals surface area contributed by atoms with Gasteiger partial charge in [-0.05, 0) is 24.1 Å². The van der Waals surface area contributed by atoms with Crippen LogP contribution in [0, 0.1) is 5.82 Å². The molecule has 0 amide bonds. The highest BCUT2D eigenvalue weighted by molar-refractivity contribution is 5.15. The van der Waals surface area contributed by atoms with E-state index in [-0.39, 0.29) is 5.82 Å². The summed E-state index contributed by atoms with van der Waals surface area (Å²) in [6.45, 7) is 6.36. The molecule has 0 unspecified atom stereocenters. The lowest BCUT2D eigenvalue weighted by Gasteiger charge is -1.95. The second kappa shape index (κ2) is 7.78. The van der Waals surface area contributed by atoms with Crippen molar-refractivity contribution in [1.29, 1.82) is 0 Å². The molecule has 0 spiro atoms. The van der Waals surface area contributed by atoms with Crippen LogP contribution in [0.2, 0.25) is 0 Å². The highest BCUT2D eigenvalue weighted by atomic mass is 19.1. The van der Waals surface area contributed by atoms with Gasteiger partial charge in [-0.3, -0.25) is 0 Å². The van der Waals surface area contributed by atoms with Gasteiger partial charge in [0.2, 0.25) is 0 Å². The minimum absolute atomic E-state index is 0.153. The van der Waals surface area contributed by atoms with Crippen molar-refractivity contribution in [3.05, 3.63) is 35.6 Å². The van der Waals surface area contributed by atoms with Crippen LogP contribution in [0.15, 0.2) is 24.3 Å². The van der Waals surface area contributed by atoms with Crippen LogP contribution in [-0.2, 0) is 6.42 Å². The summed E-state index contributed by atoms with van der Waals surface area (Å²) in [7, 11) is 0. The molecule has 0 heterocycles. The molecule has 1 rings (SSSR count). The molecule has 0 nitrogen and oxygen atoms in total. The van der Waals surface area contributed by atoms with Crippen molar-refractivity contribution < 1.29 is 4.39 Å². The van der Waals surface area contributed by atoms with E-state index in [1.54, 1.807) is 0 Å². The molecule has 74 valence electrons. The third-order valence-corrected chi connectivity index (χ3v) is 1.45. The van der Waals surface area contributed by atoms with Crippen LogP contribution in [0.3, 0.4) is 0 Å². The van der Waals surface area contributed by atoms with Crippen molar-refractivity contribution in [2.45, 2.75) is 40.0 Å². The molecule has 0 radical (unpaired) electrons. The summed E-state index contributed by atoms with van der Waals surface area (Å²) >= 11 is 0. The molecule has 0 saturated heterocycles. The fourth-order valence-corrected chi connectivity index (χ4v) is 0.940. The molecule has 0 atom stereocenters. The number of aryl methyl sites for hydroxylation is 1. The number of benzene rings is 1. The minimum Gasteiger partial charge on any atom is -0.207 e. The summed E-state index contributed by atoms with van der Waals surface area (Å²) in [5, 5.41) is 0. The Hall–Kier alpha value is -0.850. The number of rotatable bonds is 2. The summed E-state index contributed by atoms with van der Waals surface area (Å²) in [5.74, 6) is -0.153. The number of hydrogen-bond donors (Lipinski definition) is 0. The molecule has 0 N–H and O–H groups in total. The summed E-state index contributed by atoms with van der Waals surface area (Å²) in [5.41, 5.74) is 1.21. The third-order valence-electron chi connectivity index (χ3n) is 1.45. The Morgan fingerprint density at radius 2 is 1.46 bits per heavy atom. The Kier molecular flexibility index (Phi) is 7.27. The normalized spacial score (nSPS) is 8.92. The molecule has 1 aromatic carbocycles. The second-order valence-electron chi connectivity index (χ2n) is 3.08. The average Bonchev–Trinajstić information content (AvgIpc) is 2.11. The van der Waals surface area contributed by atoms with Gasteiger partial charge in [0.25, 0.3) is 0 Å². The number of hydrogen-bond acceptors (Lipinski definition) is 0. The molecular formula is C12H19F. The van der Waals surface area contributed by atoms with Gasteiger partial charge in [0.1, 0.15) is 5.82 Å². The van der Waals surface area contributed by atoms with Gasteiger partial charge in [-0.15, -0.1) is 0 Å². The van der Waals surface area contributed by atoms with E-state index in [0.29, 0.717) is 0 Å². The Morgan fingerprint density at radius 3 is 1.85 bits per heavy atom. The maximum atomic E-state index is 12.3.